The highest BCUT2D eigenvalue weighted by Gasteiger charge is 2.49. The number of Topliss-reactive ketones (excluding diaryl/α,β-unsaturated/α-hetero) is 1. The fourth-order valence-electron chi connectivity index (χ4n) is 4.31. The molecule has 1 fully saturated rings. The van der Waals surface area contributed by atoms with Gasteiger partial charge in [0.1, 0.15) is 17.8 Å². The van der Waals surface area contributed by atoms with Crippen molar-refractivity contribution in [3.63, 3.8) is 0 Å². The summed E-state index contributed by atoms with van der Waals surface area (Å²) in [5.74, 6) is -1.06. The van der Waals surface area contributed by atoms with Crippen molar-refractivity contribution in [2.75, 3.05) is 13.2 Å². The third-order valence-electron chi connectivity index (χ3n) is 6.39. The van der Waals surface area contributed by atoms with Crippen molar-refractivity contribution in [3.8, 4) is 11.3 Å². The Morgan fingerprint density at radius 1 is 1.11 bits per heavy atom. The van der Waals surface area contributed by atoms with Gasteiger partial charge in [-0.3, -0.25) is 14.2 Å². The summed E-state index contributed by atoms with van der Waals surface area (Å²) in [7, 11) is -4.20. The summed E-state index contributed by atoms with van der Waals surface area (Å²) in [4.78, 5) is 24.6. The van der Waals surface area contributed by atoms with Gasteiger partial charge in [-0.25, -0.2) is 22.8 Å². The first kappa shape index (κ1) is 27.7. The van der Waals surface area contributed by atoms with Crippen molar-refractivity contribution >= 4 is 15.8 Å². The quantitative estimate of drug-likeness (QED) is 0.377. The molecule has 13 heteroatoms. The van der Waals surface area contributed by atoms with Gasteiger partial charge in [0.2, 0.25) is 10.0 Å². The van der Waals surface area contributed by atoms with E-state index in [0.29, 0.717) is 17.0 Å². The molecule has 1 aliphatic heterocycles. The topological polar surface area (TPSA) is 93.1 Å². The zero-order valence-electron chi connectivity index (χ0n) is 20.1. The monoisotopic (exact) mass is 554 g/mol. The molecule has 0 bridgehead atoms. The van der Waals surface area contributed by atoms with Crippen LogP contribution in [0, 0.1) is 11.2 Å². The van der Waals surface area contributed by atoms with Crippen LogP contribution >= 0.6 is 0 Å². The van der Waals surface area contributed by atoms with E-state index in [4.69, 9.17) is 0 Å². The minimum absolute atomic E-state index is 0.0188. The molecule has 1 saturated heterocycles. The minimum Gasteiger partial charge on any atom is -0.298 e. The third-order valence-corrected chi connectivity index (χ3v) is 8.26. The summed E-state index contributed by atoms with van der Waals surface area (Å²) >= 11 is 0. The molecule has 0 amide bonds. The van der Waals surface area contributed by atoms with Crippen LogP contribution in [0.25, 0.3) is 11.3 Å². The van der Waals surface area contributed by atoms with Gasteiger partial charge in [0.15, 0.2) is 5.78 Å². The highest BCUT2D eigenvalue weighted by atomic mass is 32.2. The zero-order valence-corrected chi connectivity index (χ0v) is 20.9. The van der Waals surface area contributed by atoms with Gasteiger partial charge in [-0.1, -0.05) is 6.92 Å². The lowest BCUT2D eigenvalue weighted by Crippen LogP contribution is -2.41. The highest BCUT2D eigenvalue weighted by Crippen LogP contribution is 2.39. The number of aryl methyl sites for hydroxylation is 1. The van der Waals surface area contributed by atoms with Gasteiger partial charge in [0.25, 0.3) is 0 Å². The number of pyridine rings is 1. The SMILES string of the molecule is C[C@]1(CF)C[C@@H](C(=O)CCc2cc(-c3ccc(C(F)(F)F)nc3)ncn2)N(S(=O)(=O)c2ccc(F)cc2)C1. The Morgan fingerprint density at radius 2 is 1.82 bits per heavy atom. The van der Waals surface area contributed by atoms with E-state index < -0.39 is 51.6 Å². The Balaban J connectivity index is 1.51. The van der Waals surface area contributed by atoms with Gasteiger partial charge in [0, 0.05) is 35.8 Å². The predicted molar refractivity (Wildman–Crippen MR) is 126 cm³/mol. The molecule has 2 atom stereocenters. The molecule has 202 valence electrons. The first-order valence-corrected chi connectivity index (χ1v) is 13.0. The number of nitrogens with zero attached hydrogens (tertiary/aromatic N) is 4. The summed E-state index contributed by atoms with van der Waals surface area (Å²) < 4.78 is 93.0. The lowest BCUT2D eigenvalue weighted by molar-refractivity contribution is -0.141. The van der Waals surface area contributed by atoms with Crippen molar-refractivity contribution in [1.82, 2.24) is 19.3 Å². The Morgan fingerprint density at radius 3 is 2.42 bits per heavy atom. The molecule has 0 unspecified atom stereocenters. The van der Waals surface area contributed by atoms with E-state index in [9.17, 15) is 35.2 Å². The molecule has 0 spiro atoms. The van der Waals surface area contributed by atoms with E-state index in [1.807, 2.05) is 0 Å². The van der Waals surface area contributed by atoms with Gasteiger partial charge in [-0.05, 0) is 55.3 Å². The molecule has 7 nitrogen and oxygen atoms in total. The third kappa shape index (κ3) is 5.88. The average molecular weight is 555 g/mol. The minimum atomic E-state index is -4.58. The smallest absolute Gasteiger partial charge is 0.298 e. The van der Waals surface area contributed by atoms with Gasteiger partial charge < -0.3 is 0 Å². The number of ketones is 1. The van der Waals surface area contributed by atoms with Gasteiger partial charge in [-0.2, -0.15) is 17.5 Å². The van der Waals surface area contributed by atoms with Crippen LogP contribution in [0.2, 0.25) is 0 Å². The Hall–Kier alpha value is -3.32. The molecular weight excluding hydrogens is 531 g/mol. The van der Waals surface area contributed by atoms with E-state index in [1.54, 1.807) is 6.92 Å². The molecule has 0 radical (unpaired) electrons. The highest BCUT2D eigenvalue weighted by molar-refractivity contribution is 7.89. The first-order valence-electron chi connectivity index (χ1n) is 11.5. The molecule has 3 heterocycles. The van der Waals surface area contributed by atoms with Crippen LogP contribution < -0.4 is 0 Å². The summed E-state index contributed by atoms with van der Waals surface area (Å²) in [5, 5.41) is 0. The molecule has 1 aliphatic rings. The van der Waals surface area contributed by atoms with Gasteiger partial charge in [-0.15, -0.1) is 0 Å². The Labute approximate surface area is 215 Å². The van der Waals surface area contributed by atoms with Crippen molar-refractivity contribution in [3.05, 3.63) is 72.2 Å². The fraction of sp³-hybridized carbons (Fsp3) is 0.360. The maximum Gasteiger partial charge on any atom is 0.433 e. The summed E-state index contributed by atoms with van der Waals surface area (Å²) in [6.45, 7) is 0.517. The van der Waals surface area contributed by atoms with Crippen molar-refractivity contribution in [1.29, 1.82) is 0 Å². The number of halogens is 5. The normalized spacial score (nSPS) is 20.5. The number of sulfonamides is 1. The molecule has 0 N–H and O–H groups in total. The van der Waals surface area contributed by atoms with E-state index >= 15 is 0 Å². The van der Waals surface area contributed by atoms with E-state index in [0.717, 1.165) is 40.8 Å². The van der Waals surface area contributed by atoms with Crippen LogP contribution in [0.1, 0.15) is 31.2 Å². The van der Waals surface area contributed by atoms with Crippen LogP contribution in [0.15, 0.2) is 59.9 Å². The second-order valence-corrected chi connectivity index (χ2v) is 11.3. The molecule has 4 rings (SSSR count). The number of aromatic nitrogens is 3. The van der Waals surface area contributed by atoms with Crippen LogP contribution in [-0.2, 0) is 27.4 Å². The standard InChI is InChI=1S/C25H23F5N4O3S/c1-24(13-26)11-21(34(14-24)38(36,37)19-6-3-17(27)4-7-19)22(35)8-5-18-10-20(33-15-32-18)16-2-9-23(31-12-16)25(28,29)30/h2-4,6-7,9-10,12,15,21H,5,8,11,13-14H2,1H3/t21-,24+/m0/s1. The molecular formula is C25H23F5N4O3S. The number of rotatable bonds is 8. The fourth-order valence-corrected chi connectivity index (χ4v) is 6.07. The zero-order chi connectivity index (χ0) is 27.7. The maximum atomic E-state index is 13.8. The maximum absolute atomic E-state index is 13.8. The van der Waals surface area contributed by atoms with Crippen LogP contribution in [-0.4, -0.2) is 52.7 Å². The van der Waals surface area contributed by atoms with E-state index in [2.05, 4.69) is 15.0 Å². The summed E-state index contributed by atoms with van der Waals surface area (Å²) in [6, 6.07) is 6.61. The largest absolute Gasteiger partial charge is 0.433 e. The lowest BCUT2D eigenvalue weighted by Gasteiger charge is -2.23. The van der Waals surface area contributed by atoms with E-state index in [1.165, 1.54) is 18.5 Å². The molecule has 0 aliphatic carbocycles. The number of hydrogen-bond acceptors (Lipinski definition) is 6. The van der Waals surface area contributed by atoms with Gasteiger partial charge in [0.05, 0.1) is 23.3 Å². The second kappa shape index (κ2) is 10.4. The number of carbonyl (C=O) groups excluding carboxylic acids is 1. The molecule has 2 aromatic heterocycles. The van der Waals surface area contributed by atoms with Crippen molar-refractivity contribution < 1.29 is 35.2 Å². The van der Waals surface area contributed by atoms with Crippen molar-refractivity contribution in [2.24, 2.45) is 5.41 Å². The second-order valence-electron chi connectivity index (χ2n) is 9.46. The Kier molecular flexibility index (Phi) is 7.62. The van der Waals surface area contributed by atoms with Crippen molar-refractivity contribution in [2.45, 2.75) is 43.3 Å². The Bertz CT molecular complexity index is 1420. The summed E-state index contributed by atoms with van der Waals surface area (Å²) in [5.41, 5.74) is -1.08. The van der Waals surface area contributed by atoms with Gasteiger partial charge >= 0.3 is 6.18 Å². The first-order chi connectivity index (χ1) is 17.8. The summed E-state index contributed by atoms with van der Waals surface area (Å²) in [6.07, 6.45) is -2.39. The van der Waals surface area contributed by atoms with Crippen LogP contribution in [0.3, 0.4) is 0 Å². The number of carbonyl (C=O) groups is 1. The molecule has 38 heavy (non-hydrogen) atoms. The predicted octanol–water partition coefficient (Wildman–Crippen LogP) is 4.64. The number of benzene rings is 1. The van der Waals surface area contributed by atoms with Crippen LogP contribution in [0.4, 0.5) is 22.0 Å². The van der Waals surface area contributed by atoms with E-state index in [-0.39, 0.29) is 30.7 Å². The molecule has 1 aromatic carbocycles. The molecule has 3 aromatic rings. The number of hydrogen-bond donors (Lipinski definition) is 0. The molecule has 0 saturated carbocycles. The van der Waals surface area contributed by atoms with Crippen LogP contribution in [0.5, 0.6) is 0 Å². The lowest BCUT2D eigenvalue weighted by atomic mass is 9.88. The average Bonchev–Trinajstić information content (AvgIpc) is 3.26. The number of alkyl halides is 4.